The summed E-state index contributed by atoms with van der Waals surface area (Å²) >= 11 is 0. The molecule has 170 valence electrons. The van der Waals surface area contributed by atoms with Crippen LogP contribution in [0.25, 0.3) is 28.3 Å². The first-order chi connectivity index (χ1) is 15.8. The van der Waals surface area contributed by atoms with Gasteiger partial charge in [-0.2, -0.15) is 5.10 Å². The minimum Gasteiger partial charge on any atom is -0.389 e. The molecular formula is C24H27N7O2. The number of carbonyl (C=O) groups excluding carboxylic acids is 1. The molecule has 3 heterocycles. The third-order valence-electron chi connectivity index (χ3n) is 5.62. The maximum Gasteiger partial charge on any atom is 0.251 e. The van der Waals surface area contributed by atoms with Crippen molar-refractivity contribution in [3.05, 3.63) is 54.5 Å². The Balaban J connectivity index is 1.55. The zero-order valence-electron chi connectivity index (χ0n) is 18.9. The van der Waals surface area contributed by atoms with Crippen LogP contribution < -0.4 is 10.6 Å². The Morgan fingerprint density at radius 1 is 1.18 bits per heavy atom. The Labute approximate surface area is 191 Å². The van der Waals surface area contributed by atoms with Crippen LogP contribution in [-0.2, 0) is 7.05 Å². The van der Waals surface area contributed by atoms with E-state index in [-0.39, 0.29) is 5.91 Å². The summed E-state index contributed by atoms with van der Waals surface area (Å²) in [6, 6.07) is 9.76. The molecule has 3 N–H and O–H groups in total. The van der Waals surface area contributed by atoms with Crippen LogP contribution >= 0.6 is 0 Å². The van der Waals surface area contributed by atoms with Gasteiger partial charge in [-0.3, -0.25) is 13.9 Å². The van der Waals surface area contributed by atoms with Gasteiger partial charge >= 0.3 is 0 Å². The highest BCUT2D eigenvalue weighted by Gasteiger charge is 2.24. The fourth-order valence-corrected chi connectivity index (χ4v) is 3.66. The van der Waals surface area contributed by atoms with E-state index >= 15 is 0 Å². The van der Waals surface area contributed by atoms with Crippen molar-refractivity contribution >= 4 is 17.4 Å². The molecule has 0 spiro atoms. The predicted octanol–water partition coefficient (Wildman–Crippen LogP) is 2.87. The van der Waals surface area contributed by atoms with Crippen molar-refractivity contribution in [2.24, 2.45) is 7.05 Å². The molecule has 0 atom stereocenters. The van der Waals surface area contributed by atoms with Gasteiger partial charge in [0.15, 0.2) is 11.5 Å². The van der Waals surface area contributed by atoms with Crippen LogP contribution in [0.4, 0.5) is 5.82 Å². The highest BCUT2D eigenvalue weighted by atomic mass is 16.3. The van der Waals surface area contributed by atoms with Crippen molar-refractivity contribution in [1.82, 2.24) is 29.5 Å². The number of carbonyl (C=O) groups is 1. The normalized spacial score (nSPS) is 13.9. The molecule has 1 fully saturated rings. The second-order valence-electron chi connectivity index (χ2n) is 9.14. The van der Waals surface area contributed by atoms with E-state index in [4.69, 9.17) is 4.98 Å². The monoisotopic (exact) mass is 445 g/mol. The molecule has 9 heteroatoms. The van der Waals surface area contributed by atoms with Gasteiger partial charge in [0.2, 0.25) is 0 Å². The largest absolute Gasteiger partial charge is 0.389 e. The highest BCUT2D eigenvalue weighted by molar-refractivity contribution is 5.95. The van der Waals surface area contributed by atoms with E-state index in [1.165, 1.54) is 0 Å². The Bertz CT molecular complexity index is 1310. The van der Waals surface area contributed by atoms with E-state index < -0.39 is 5.60 Å². The van der Waals surface area contributed by atoms with Crippen LogP contribution in [0.3, 0.4) is 0 Å². The molecule has 0 radical (unpaired) electrons. The summed E-state index contributed by atoms with van der Waals surface area (Å²) in [5.41, 5.74) is 3.76. The molecule has 0 saturated heterocycles. The maximum atomic E-state index is 12.3. The van der Waals surface area contributed by atoms with Crippen molar-refractivity contribution in [2.45, 2.75) is 38.3 Å². The number of anilines is 1. The molecule has 1 amide bonds. The molecule has 0 unspecified atom stereocenters. The summed E-state index contributed by atoms with van der Waals surface area (Å²) < 4.78 is 3.74. The van der Waals surface area contributed by atoms with Crippen molar-refractivity contribution in [3.63, 3.8) is 0 Å². The lowest BCUT2D eigenvalue weighted by atomic mass is 10.1. The zero-order chi connectivity index (χ0) is 23.2. The second kappa shape index (κ2) is 8.00. The summed E-state index contributed by atoms with van der Waals surface area (Å²) in [4.78, 5) is 21.7. The average molecular weight is 446 g/mol. The van der Waals surface area contributed by atoms with Gasteiger partial charge in [0, 0.05) is 43.2 Å². The number of hydrogen-bond acceptors (Lipinski definition) is 6. The first kappa shape index (κ1) is 21.1. The molecule has 1 saturated carbocycles. The third-order valence-corrected chi connectivity index (χ3v) is 5.62. The van der Waals surface area contributed by atoms with Crippen LogP contribution in [0.1, 0.15) is 37.0 Å². The van der Waals surface area contributed by atoms with Gasteiger partial charge in [-0.15, -0.1) is 0 Å². The van der Waals surface area contributed by atoms with Crippen molar-refractivity contribution in [1.29, 1.82) is 0 Å². The molecule has 1 aliphatic rings. The first-order valence-electron chi connectivity index (χ1n) is 11.0. The molecule has 9 nitrogen and oxygen atoms in total. The van der Waals surface area contributed by atoms with Gasteiger partial charge in [-0.05, 0) is 44.9 Å². The van der Waals surface area contributed by atoms with E-state index in [2.05, 4.69) is 20.7 Å². The van der Waals surface area contributed by atoms with E-state index in [1.54, 1.807) is 30.9 Å². The topological polar surface area (TPSA) is 109 Å². The number of rotatable bonds is 7. The highest BCUT2D eigenvalue weighted by Crippen LogP contribution is 2.28. The van der Waals surface area contributed by atoms with Crippen LogP contribution in [0.5, 0.6) is 0 Å². The lowest BCUT2D eigenvalue weighted by Crippen LogP contribution is -2.29. The fourth-order valence-electron chi connectivity index (χ4n) is 3.66. The Morgan fingerprint density at radius 3 is 2.58 bits per heavy atom. The minimum absolute atomic E-state index is 0.0389. The van der Waals surface area contributed by atoms with Crippen LogP contribution in [0.15, 0.2) is 48.9 Å². The SMILES string of the molecule is Cn1nccc1-c1cn2c(-c3ccc(C(=O)NC4CC4)cc3)cnc2c(NCC(C)(C)O)n1. The summed E-state index contributed by atoms with van der Waals surface area (Å²) in [6.45, 7) is 3.79. The molecule has 3 aromatic heterocycles. The lowest BCUT2D eigenvalue weighted by Gasteiger charge is -2.19. The zero-order valence-corrected chi connectivity index (χ0v) is 18.9. The molecule has 0 bridgehead atoms. The molecular weight excluding hydrogens is 418 g/mol. The number of imidazole rings is 1. The number of aromatic nitrogens is 5. The average Bonchev–Trinajstić information content (AvgIpc) is 3.32. The summed E-state index contributed by atoms with van der Waals surface area (Å²) in [7, 11) is 1.87. The number of aryl methyl sites for hydroxylation is 1. The number of amides is 1. The molecule has 4 aromatic rings. The van der Waals surface area contributed by atoms with Gasteiger partial charge in [0.05, 0.1) is 23.2 Å². The van der Waals surface area contributed by atoms with Gasteiger partial charge in [-0.1, -0.05) is 12.1 Å². The third kappa shape index (κ3) is 4.45. The molecule has 0 aliphatic heterocycles. The summed E-state index contributed by atoms with van der Waals surface area (Å²) in [6.07, 6.45) is 7.56. The number of fused-ring (bicyclic) bond motifs is 1. The number of aliphatic hydroxyl groups is 1. The Hall–Kier alpha value is -3.72. The number of hydrogen-bond donors (Lipinski definition) is 3. The first-order valence-corrected chi connectivity index (χ1v) is 11.0. The summed E-state index contributed by atoms with van der Waals surface area (Å²) in [5, 5.41) is 20.7. The predicted molar refractivity (Wildman–Crippen MR) is 126 cm³/mol. The van der Waals surface area contributed by atoms with Crippen LogP contribution in [-0.4, -0.2) is 53.4 Å². The molecule has 33 heavy (non-hydrogen) atoms. The smallest absolute Gasteiger partial charge is 0.251 e. The van der Waals surface area contributed by atoms with Crippen LogP contribution in [0, 0.1) is 0 Å². The Kier molecular flexibility index (Phi) is 5.13. The van der Waals surface area contributed by atoms with E-state index in [1.807, 2.05) is 48.0 Å². The molecule has 5 rings (SSSR count). The van der Waals surface area contributed by atoms with Crippen LogP contribution in [0.2, 0.25) is 0 Å². The quantitative estimate of drug-likeness (QED) is 0.404. The molecule has 1 aliphatic carbocycles. The van der Waals surface area contributed by atoms with Gasteiger partial charge in [0.1, 0.15) is 5.69 Å². The van der Waals surface area contributed by atoms with Crippen molar-refractivity contribution in [2.75, 3.05) is 11.9 Å². The number of benzene rings is 1. The van der Waals surface area contributed by atoms with E-state index in [9.17, 15) is 9.90 Å². The van der Waals surface area contributed by atoms with Gasteiger partial charge in [0.25, 0.3) is 5.91 Å². The second-order valence-corrected chi connectivity index (χ2v) is 9.14. The van der Waals surface area contributed by atoms with E-state index in [0.717, 1.165) is 35.5 Å². The van der Waals surface area contributed by atoms with Gasteiger partial charge in [-0.25, -0.2) is 9.97 Å². The van der Waals surface area contributed by atoms with Crippen molar-refractivity contribution < 1.29 is 9.90 Å². The summed E-state index contributed by atoms with van der Waals surface area (Å²) in [5.74, 6) is 0.533. The Morgan fingerprint density at radius 2 is 1.94 bits per heavy atom. The number of nitrogens with one attached hydrogen (secondary N) is 2. The van der Waals surface area contributed by atoms with E-state index in [0.29, 0.717) is 29.6 Å². The van der Waals surface area contributed by atoms with Gasteiger partial charge < -0.3 is 15.7 Å². The maximum absolute atomic E-state index is 12.3. The molecule has 1 aromatic carbocycles. The fraction of sp³-hybridized carbons (Fsp3) is 0.333. The lowest BCUT2D eigenvalue weighted by molar-refractivity contribution is 0.0940. The van der Waals surface area contributed by atoms with Crippen molar-refractivity contribution in [3.8, 4) is 22.6 Å². The minimum atomic E-state index is -0.909. The standard InChI is InChI=1S/C24H27N7O2/c1-24(2,33)14-26-21-22-25-12-20(31(22)13-18(29-21)19-10-11-27-30(19)3)15-4-6-16(7-5-15)23(32)28-17-8-9-17/h4-7,10-13,17,33H,8-9,14H2,1-3H3,(H,26,29)(H,28,32). The number of nitrogens with zero attached hydrogens (tertiary/aromatic N) is 5.